The van der Waals surface area contributed by atoms with Gasteiger partial charge in [0.1, 0.15) is 5.75 Å². The number of pyridine rings is 1. The second-order valence-electron chi connectivity index (χ2n) is 9.01. The summed E-state index contributed by atoms with van der Waals surface area (Å²) < 4.78 is 7.12. The van der Waals surface area contributed by atoms with Gasteiger partial charge in [-0.15, -0.1) is 0 Å². The van der Waals surface area contributed by atoms with E-state index in [1.807, 2.05) is 48.0 Å². The van der Waals surface area contributed by atoms with Gasteiger partial charge in [0.25, 0.3) is 5.56 Å². The molecule has 2 fully saturated rings. The average Bonchev–Trinajstić information content (AvgIpc) is 2.93. The summed E-state index contributed by atoms with van der Waals surface area (Å²) in [5, 5.41) is 13.4. The predicted octanol–water partition coefficient (Wildman–Crippen LogP) is 1.79. The number of nitrogens with one attached hydrogen (secondary N) is 1. The standard InChI is InChI=1S/C24H29N3O4/c1-26-20-12-27-19(10-9-17(24(27)30)14-5-3-8-16(11-14)31-2)22(26)21(18(20)13-28)23(29)25-15-6-4-7-15/h3,5,8-11,15,18,20-22,28H,4,6-7,12-13H2,1-2H3,(H,25,29)/t18-,20-,21+,22+/m0/s1. The van der Waals surface area contributed by atoms with Gasteiger partial charge in [0.2, 0.25) is 5.91 Å². The van der Waals surface area contributed by atoms with Gasteiger partial charge in [-0.1, -0.05) is 12.1 Å². The maximum absolute atomic E-state index is 13.5. The average molecular weight is 424 g/mol. The van der Waals surface area contributed by atoms with Crippen molar-refractivity contribution in [2.75, 3.05) is 20.8 Å². The maximum Gasteiger partial charge on any atom is 0.258 e. The predicted molar refractivity (Wildman–Crippen MR) is 117 cm³/mol. The van der Waals surface area contributed by atoms with Gasteiger partial charge >= 0.3 is 0 Å². The molecule has 1 aromatic carbocycles. The second kappa shape index (κ2) is 7.80. The van der Waals surface area contributed by atoms with Crippen LogP contribution in [0.4, 0.5) is 0 Å². The fourth-order valence-corrected chi connectivity index (χ4v) is 5.55. The first-order valence-corrected chi connectivity index (χ1v) is 11.0. The third-order valence-electron chi connectivity index (χ3n) is 7.48. The fourth-order valence-electron chi connectivity index (χ4n) is 5.55. The van der Waals surface area contributed by atoms with Crippen LogP contribution < -0.4 is 15.6 Å². The number of benzene rings is 1. The lowest BCUT2D eigenvalue weighted by Crippen LogP contribution is -2.46. The Hall–Kier alpha value is -2.64. The van der Waals surface area contributed by atoms with Gasteiger partial charge in [0, 0.05) is 42.4 Å². The number of nitrogens with zero attached hydrogens (tertiary/aromatic N) is 2. The van der Waals surface area contributed by atoms with E-state index in [4.69, 9.17) is 4.74 Å². The lowest BCUT2D eigenvalue weighted by Gasteiger charge is -2.36. The van der Waals surface area contributed by atoms with Gasteiger partial charge in [-0.25, -0.2) is 0 Å². The van der Waals surface area contributed by atoms with Crippen LogP contribution in [0, 0.1) is 11.8 Å². The number of aromatic nitrogens is 1. The zero-order chi connectivity index (χ0) is 21.7. The van der Waals surface area contributed by atoms with Gasteiger partial charge in [0.15, 0.2) is 0 Å². The summed E-state index contributed by atoms with van der Waals surface area (Å²) in [5.74, 6) is 0.138. The molecule has 4 atom stereocenters. The van der Waals surface area contributed by atoms with E-state index in [0.29, 0.717) is 17.9 Å². The first-order chi connectivity index (χ1) is 15.0. The summed E-state index contributed by atoms with van der Waals surface area (Å²) in [6, 6.07) is 11.3. The molecule has 164 valence electrons. The van der Waals surface area contributed by atoms with Gasteiger partial charge in [-0.2, -0.15) is 0 Å². The number of amides is 1. The Bertz CT molecular complexity index is 1060. The first-order valence-electron chi connectivity index (χ1n) is 11.0. The number of aliphatic hydroxyl groups is 1. The number of methoxy groups -OCH3 is 1. The highest BCUT2D eigenvalue weighted by Gasteiger charge is 2.54. The van der Waals surface area contributed by atoms with Crippen molar-refractivity contribution in [3.05, 3.63) is 52.4 Å². The van der Waals surface area contributed by atoms with E-state index < -0.39 is 0 Å². The van der Waals surface area contributed by atoms with Crippen molar-refractivity contribution in [3.8, 4) is 16.9 Å². The van der Waals surface area contributed by atoms with Crippen LogP contribution in [-0.2, 0) is 11.3 Å². The number of ether oxygens (including phenoxy) is 1. The van der Waals surface area contributed by atoms with Crippen LogP contribution in [0.2, 0.25) is 0 Å². The van der Waals surface area contributed by atoms with Crippen molar-refractivity contribution in [2.24, 2.45) is 11.8 Å². The van der Waals surface area contributed by atoms with E-state index in [2.05, 4.69) is 10.2 Å². The third-order valence-corrected chi connectivity index (χ3v) is 7.48. The Morgan fingerprint density at radius 1 is 1.26 bits per heavy atom. The minimum Gasteiger partial charge on any atom is -0.497 e. The topological polar surface area (TPSA) is 83.8 Å². The van der Waals surface area contributed by atoms with Crippen molar-refractivity contribution < 1.29 is 14.6 Å². The van der Waals surface area contributed by atoms with Crippen LogP contribution in [0.15, 0.2) is 41.2 Å². The number of fused-ring (bicyclic) bond motifs is 4. The molecular weight excluding hydrogens is 394 g/mol. The van der Waals surface area contributed by atoms with Gasteiger partial charge in [-0.3, -0.25) is 14.5 Å². The SMILES string of the molecule is COc1cccc(-c2ccc3n(c2=O)C[C@H]2[C@H](CO)[C@@H](C(=O)NC4CCC4)[C@@H]3N2C)c1. The number of carbonyl (C=O) groups excluding carboxylic acids is 1. The summed E-state index contributed by atoms with van der Waals surface area (Å²) in [7, 11) is 3.61. The molecule has 7 nitrogen and oxygen atoms in total. The highest BCUT2D eigenvalue weighted by Crippen LogP contribution is 2.47. The first kappa shape index (κ1) is 20.3. The van der Waals surface area contributed by atoms with E-state index in [1.54, 1.807) is 7.11 Å². The summed E-state index contributed by atoms with van der Waals surface area (Å²) in [6.45, 7) is 0.400. The molecule has 2 aliphatic heterocycles. The number of carbonyl (C=O) groups is 1. The molecule has 2 bridgehead atoms. The van der Waals surface area contributed by atoms with Crippen molar-refractivity contribution in [1.82, 2.24) is 14.8 Å². The zero-order valence-electron chi connectivity index (χ0n) is 18.0. The molecule has 31 heavy (non-hydrogen) atoms. The minimum absolute atomic E-state index is 0.000807. The largest absolute Gasteiger partial charge is 0.497 e. The quantitative estimate of drug-likeness (QED) is 0.766. The molecule has 0 radical (unpaired) electrons. The molecule has 0 spiro atoms. The number of aliphatic hydroxyl groups excluding tert-OH is 1. The second-order valence-corrected chi connectivity index (χ2v) is 9.01. The van der Waals surface area contributed by atoms with Crippen LogP contribution in [0.5, 0.6) is 5.75 Å². The molecule has 0 unspecified atom stereocenters. The summed E-state index contributed by atoms with van der Waals surface area (Å²) in [6.07, 6.45) is 3.19. The zero-order valence-corrected chi connectivity index (χ0v) is 18.0. The lowest BCUT2D eigenvalue weighted by molar-refractivity contribution is -0.128. The number of rotatable bonds is 5. The van der Waals surface area contributed by atoms with Crippen molar-refractivity contribution >= 4 is 5.91 Å². The summed E-state index contributed by atoms with van der Waals surface area (Å²) in [5.41, 5.74) is 2.21. The molecule has 1 aromatic heterocycles. The number of likely N-dealkylation sites (N-methyl/N-ethyl adjacent to an activating group) is 1. The maximum atomic E-state index is 13.5. The van der Waals surface area contributed by atoms with Crippen molar-refractivity contribution in [1.29, 1.82) is 0 Å². The Morgan fingerprint density at radius 3 is 2.74 bits per heavy atom. The van der Waals surface area contributed by atoms with Crippen LogP contribution in [0.25, 0.3) is 11.1 Å². The fraction of sp³-hybridized carbons (Fsp3) is 0.500. The van der Waals surface area contributed by atoms with E-state index in [0.717, 1.165) is 30.5 Å². The van der Waals surface area contributed by atoms with Gasteiger partial charge in [0.05, 0.1) is 19.1 Å². The molecule has 1 saturated heterocycles. The van der Waals surface area contributed by atoms with Gasteiger partial charge in [-0.05, 0) is 56.1 Å². The molecule has 5 rings (SSSR count). The molecule has 1 aliphatic carbocycles. The van der Waals surface area contributed by atoms with E-state index in [1.165, 1.54) is 0 Å². The van der Waals surface area contributed by atoms with Crippen LogP contribution in [0.1, 0.15) is 31.0 Å². The number of hydrogen-bond donors (Lipinski definition) is 2. The van der Waals surface area contributed by atoms with Crippen molar-refractivity contribution in [3.63, 3.8) is 0 Å². The smallest absolute Gasteiger partial charge is 0.258 e. The van der Waals surface area contributed by atoms with Crippen LogP contribution >= 0.6 is 0 Å². The highest BCUT2D eigenvalue weighted by atomic mass is 16.5. The monoisotopic (exact) mass is 423 g/mol. The molecule has 1 amide bonds. The van der Waals surface area contributed by atoms with Crippen molar-refractivity contribution in [2.45, 2.75) is 43.9 Å². The molecule has 2 aromatic rings. The summed E-state index contributed by atoms with van der Waals surface area (Å²) >= 11 is 0. The molecule has 2 N–H and O–H groups in total. The normalized spacial score (nSPS) is 27.5. The molecule has 3 aliphatic rings. The lowest BCUT2D eigenvalue weighted by atomic mass is 9.85. The molecule has 1 saturated carbocycles. The van der Waals surface area contributed by atoms with E-state index >= 15 is 0 Å². The highest BCUT2D eigenvalue weighted by molar-refractivity contribution is 5.81. The van der Waals surface area contributed by atoms with Gasteiger partial charge < -0.3 is 19.7 Å². The Kier molecular flexibility index (Phi) is 5.10. The van der Waals surface area contributed by atoms with E-state index in [9.17, 15) is 14.7 Å². The molecule has 7 heteroatoms. The Morgan fingerprint density at radius 2 is 2.06 bits per heavy atom. The van der Waals surface area contributed by atoms with E-state index in [-0.39, 0.29) is 48.0 Å². The minimum atomic E-state index is -0.364. The number of hydrogen-bond acceptors (Lipinski definition) is 5. The third kappa shape index (κ3) is 3.18. The Balaban J connectivity index is 1.55. The summed E-state index contributed by atoms with van der Waals surface area (Å²) in [4.78, 5) is 28.9. The molecule has 3 heterocycles. The van der Waals surface area contributed by atoms with Crippen LogP contribution in [0.3, 0.4) is 0 Å². The Labute approximate surface area is 181 Å². The van der Waals surface area contributed by atoms with Crippen LogP contribution in [-0.4, -0.2) is 53.3 Å². The molecular formula is C24H29N3O4.